The summed E-state index contributed by atoms with van der Waals surface area (Å²) >= 11 is 0. The van der Waals surface area contributed by atoms with Crippen LogP contribution in [0, 0.1) is 11.3 Å². The van der Waals surface area contributed by atoms with E-state index < -0.39 is 55.0 Å². The Morgan fingerprint density at radius 1 is 1.09 bits per heavy atom. The fourth-order valence-corrected chi connectivity index (χ4v) is 3.00. The van der Waals surface area contributed by atoms with E-state index in [0.717, 1.165) is 0 Å². The van der Waals surface area contributed by atoms with Gasteiger partial charge in [0.25, 0.3) is 0 Å². The number of rotatable bonds is 10. The highest BCUT2D eigenvalue weighted by molar-refractivity contribution is 5.91. The molecule has 14 nitrogen and oxygen atoms in total. The minimum absolute atomic E-state index is 0.0604. The molecular formula is C20H36N6O8. The number of carbonyl (C=O) groups is 4. The Morgan fingerprint density at radius 3 is 2.35 bits per heavy atom. The Bertz CT molecular complexity index is 734. The maximum atomic E-state index is 12.7. The topological polar surface area (TPSA) is 205 Å². The van der Waals surface area contributed by atoms with Crippen molar-refractivity contribution in [2.75, 3.05) is 26.4 Å². The van der Waals surface area contributed by atoms with E-state index in [-0.39, 0.29) is 25.1 Å². The van der Waals surface area contributed by atoms with Crippen molar-refractivity contribution in [3.8, 4) is 0 Å². The number of nitrogens with two attached hydrogens (primary N) is 1. The van der Waals surface area contributed by atoms with E-state index in [1.807, 2.05) is 13.8 Å². The molecule has 1 rings (SSSR count). The van der Waals surface area contributed by atoms with Gasteiger partial charge in [-0.3, -0.25) is 15.0 Å². The molecule has 7 N–H and O–H groups in total. The largest absolute Gasteiger partial charge is 0.508 e. The summed E-state index contributed by atoms with van der Waals surface area (Å²) < 4.78 is 14.5. The summed E-state index contributed by atoms with van der Waals surface area (Å²) in [7, 11) is 0. The van der Waals surface area contributed by atoms with Crippen LogP contribution in [0.15, 0.2) is 0 Å². The first-order valence-corrected chi connectivity index (χ1v) is 11.1. The minimum atomic E-state index is -1.35. The molecule has 0 bridgehead atoms. The number of hydrogen-bond acceptors (Lipinski definition) is 9. The monoisotopic (exact) mass is 488 g/mol. The molecule has 1 saturated heterocycles. The van der Waals surface area contributed by atoms with Gasteiger partial charge in [0.2, 0.25) is 11.8 Å². The van der Waals surface area contributed by atoms with E-state index in [0.29, 0.717) is 19.4 Å². The Balaban J connectivity index is 2.73. The van der Waals surface area contributed by atoms with Crippen LogP contribution in [0.1, 0.15) is 40.5 Å². The molecule has 14 heteroatoms. The van der Waals surface area contributed by atoms with Crippen LogP contribution in [0.2, 0.25) is 0 Å². The molecule has 4 unspecified atom stereocenters. The Morgan fingerprint density at radius 2 is 1.76 bits per heavy atom. The average molecular weight is 489 g/mol. The maximum absolute atomic E-state index is 12.7. The zero-order chi connectivity index (χ0) is 25.8. The van der Waals surface area contributed by atoms with Crippen molar-refractivity contribution < 1.29 is 38.5 Å². The lowest BCUT2D eigenvalue weighted by Gasteiger charge is -2.38. The van der Waals surface area contributed by atoms with Crippen molar-refractivity contribution >= 4 is 30.0 Å². The highest BCUT2D eigenvalue weighted by atomic mass is 16.7. The summed E-state index contributed by atoms with van der Waals surface area (Å²) in [5.74, 6) is -1.66. The van der Waals surface area contributed by atoms with Gasteiger partial charge in [-0.2, -0.15) is 0 Å². The molecule has 0 aromatic rings. The third-order valence-corrected chi connectivity index (χ3v) is 4.77. The van der Waals surface area contributed by atoms with Crippen molar-refractivity contribution in [2.45, 2.75) is 64.9 Å². The van der Waals surface area contributed by atoms with Crippen LogP contribution in [-0.2, 0) is 23.8 Å². The molecule has 1 heterocycles. The molecule has 0 aromatic carbocycles. The molecule has 0 saturated carbocycles. The van der Waals surface area contributed by atoms with Crippen LogP contribution < -0.4 is 21.7 Å². The number of guanidine groups is 1. The molecule has 1 aliphatic heterocycles. The van der Waals surface area contributed by atoms with Crippen LogP contribution in [0.25, 0.3) is 0 Å². The van der Waals surface area contributed by atoms with E-state index in [4.69, 9.17) is 20.6 Å². The number of aliphatic hydroxyl groups excluding tert-OH is 1. The molecular weight excluding hydrogens is 452 g/mol. The number of ether oxygens (including phenoxy) is 3. The lowest BCUT2D eigenvalue weighted by Crippen LogP contribution is -2.61. The van der Waals surface area contributed by atoms with Gasteiger partial charge >= 0.3 is 12.2 Å². The van der Waals surface area contributed by atoms with Crippen molar-refractivity contribution in [2.24, 2.45) is 11.7 Å². The molecule has 3 amide bonds. The van der Waals surface area contributed by atoms with Gasteiger partial charge in [0.05, 0.1) is 19.3 Å². The van der Waals surface area contributed by atoms with Gasteiger partial charge in [-0.25, -0.2) is 9.59 Å². The predicted octanol–water partition coefficient (Wildman–Crippen LogP) is -0.793. The fraction of sp³-hybridized carbons (Fsp3) is 0.750. The van der Waals surface area contributed by atoms with Gasteiger partial charge in [-0.15, -0.1) is 0 Å². The average Bonchev–Trinajstić information content (AvgIpc) is 2.76. The van der Waals surface area contributed by atoms with E-state index in [2.05, 4.69) is 20.7 Å². The van der Waals surface area contributed by atoms with Gasteiger partial charge in [0, 0.05) is 6.54 Å². The van der Waals surface area contributed by atoms with E-state index in [1.54, 1.807) is 6.92 Å². The van der Waals surface area contributed by atoms with E-state index in [1.165, 1.54) is 11.8 Å². The van der Waals surface area contributed by atoms with E-state index in [9.17, 15) is 24.3 Å². The molecule has 4 atom stereocenters. The summed E-state index contributed by atoms with van der Waals surface area (Å²) in [4.78, 5) is 50.1. The number of carbonyl (C=O) groups excluding carboxylic acids is 4. The van der Waals surface area contributed by atoms with Gasteiger partial charge in [-0.05, 0) is 32.6 Å². The Labute approximate surface area is 198 Å². The Kier molecular flexibility index (Phi) is 11.9. The number of likely N-dealkylation sites (tertiary alicyclic amines) is 1. The number of piperidine rings is 1. The first-order chi connectivity index (χ1) is 16.0. The highest BCUT2D eigenvalue weighted by Gasteiger charge is 2.33. The van der Waals surface area contributed by atoms with Gasteiger partial charge in [0.15, 0.2) is 5.96 Å². The molecule has 0 radical (unpaired) electrons. The Hall–Kier alpha value is -3.29. The predicted molar refractivity (Wildman–Crippen MR) is 119 cm³/mol. The number of aliphatic hydroxyl groups is 1. The zero-order valence-corrected chi connectivity index (χ0v) is 20.0. The second-order valence-corrected chi connectivity index (χ2v) is 8.16. The zero-order valence-electron chi connectivity index (χ0n) is 20.0. The SMILES string of the molecule is CCOC(=O)OCC(NC(=O)OCC(C)C)C(=O)NC(C)C(=O)NC1CCCN(C(=N)N)C1O. The van der Waals surface area contributed by atoms with Crippen LogP contribution in [-0.4, -0.2) is 90.7 Å². The summed E-state index contributed by atoms with van der Waals surface area (Å²) in [5.41, 5.74) is 5.45. The molecule has 34 heavy (non-hydrogen) atoms. The molecule has 0 aromatic heterocycles. The van der Waals surface area contributed by atoms with Crippen LogP contribution >= 0.6 is 0 Å². The fourth-order valence-electron chi connectivity index (χ4n) is 3.00. The van der Waals surface area contributed by atoms with Gasteiger partial charge in [0.1, 0.15) is 24.9 Å². The first-order valence-electron chi connectivity index (χ1n) is 11.1. The van der Waals surface area contributed by atoms with Crippen molar-refractivity contribution in [1.29, 1.82) is 5.41 Å². The number of nitrogens with one attached hydrogen (secondary N) is 4. The summed E-state index contributed by atoms with van der Waals surface area (Å²) in [6.07, 6.45) is -2.05. The number of amides is 3. The van der Waals surface area contributed by atoms with Crippen molar-refractivity contribution in [3.63, 3.8) is 0 Å². The maximum Gasteiger partial charge on any atom is 0.508 e. The first kappa shape index (κ1) is 28.7. The second kappa shape index (κ2) is 14.1. The normalized spacial score (nSPS) is 19.4. The molecule has 1 aliphatic rings. The third kappa shape index (κ3) is 9.68. The van der Waals surface area contributed by atoms with Gasteiger partial charge in [-0.1, -0.05) is 13.8 Å². The number of alkyl carbamates (subject to hydrolysis) is 1. The molecule has 1 fully saturated rings. The van der Waals surface area contributed by atoms with Crippen LogP contribution in [0.5, 0.6) is 0 Å². The van der Waals surface area contributed by atoms with Crippen LogP contribution in [0.3, 0.4) is 0 Å². The summed E-state index contributed by atoms with van der Waals surface area (Å²) in [5, 5.41) is 25.2. The smallest absolute Gasteiger partial charge is 0.449 e. The van der Waals surface area contributed by atoms with Crippen molar-refractivity contribution in [3.05, 3.63) is 0 Å². The van der Waals surface area contributed by atoms with Crippen LogP contribution in [0.4, 0.5) is 9.59 Å². The van der Waals surface area contributed by atoms with E-state index >= 15 is 0 Å². The molecule has 194 valence electrons. The molecule has 0 spiro atoms. The minimum Gasteiger partial charge on any atom is -0.449 e. The molecule has 0 aliphatic carbocycles. The lowest BCUT2D eigenvalue weighted by molar-refractivity contribution is -0.131. The standard InChI is InChI=1S/C20H36N6O8/c1-5-32-20(31)34-10-14(25-19(30)33-9-11(2)3)16(28)23-12(4)15(27)24-13-7-6-8-26(17(13)29)18(21)22/h11-14,17,29H,5-10H2,1-4H3,(H3,21,22)(H,23,28)(H,24,27)(H,25,30). The highest BCUT2D eigenvalue weighted by Crippen LogP contribution is 2.15. The lowest BCUT2D eigenvalue weighted by atomic mass is 10.0. The number of hydrogen-bond donors (Lipinski definition) is 6. The quantitative estimate of drug-likeness (QED) is 0.128. The van der Waals surface area contributed by atoms with Crippen molar-refractivity contribution in [1.82, 2.24) is 20.9 Å². The second-order valence-electron chi connectivity index (χ2n) is 8.16. The summed E-state index contributed by atoms with van der Waals surface area (Å²) in [6, 6.07) is -3.12. The summed E-state index contributed by atoms with van der Waals surface area (Å²) in [6.45, 7) is 6.66. The van der Waals surface area contributed by atoms with Gasteiger partial charge < -0.3 is 45.9 Å². The number of nitrogens with zero attached hydrogens (tertiary/aromatic N) is 1. The third-order valence-electron chi connectivity index (χ3n) is 4.77.